The standard InChI is InChI=1S/C82H60N10O10/c1-7-57(93)37-47(5)75-83-64-29-17-21-33-68(64)87(75)51-38-52(88-69-34-22-18-30-65(69)84-76(88)48(6)101-72(95)9-3)41-55(40-51)91-79(97)60-45-62-63(46-61(60)80(91)98)82(100)92(81(62)99)56-42-53(89-70-35-23-19-31-66(70)85-77(89)59(44-58(94)8-2)49-25-13-11-14-26-49)39-54(43-56)90-71-36-24-20-32-67(71)86-78(90)74(102-73(96)10-4)50-27-15-12-16-28-50/h7-36,38-43,45-48,59,74H,1-4,37,44H2,5-6H3. The fraction of sp³-hybridized carbons (Fsp3) is 0.0976. The summed E-state index contributed by atoms with van der Waals surface area (Å²) in [5, 5.41) is -0.682. The number of carbonyl (C=O) groups excluding carboxylic acids is 4. The van der Waals surface area contributed by atoms with E-state index in [9.17, 15) is 19.2 Å². The van der Waals surface area contributed by atoms with Crippen molar-refractivity contribution in [2.24, 2.45) is 0 Å². The van der Waals surface area contributed by atoms with Crippen LogP contribution in [-0.2, 0) is 28.7 Å². The molecule has 0 N–H and O–H groups in total. The Morgan fingerprint density at radius 1 is 0.363 bits per heavy atom. The molecule has 0 saturated carbocycles. The van der Waals surface area contributed by atoms with Gasteiger partial charge in [-0.2, -0.15) is 0 Å². The minimum atomic E-state index is -1.15. The number of hydrogen-bond acceptors (Lipinski definition) is 14. The molecule has 4 unspecified atom stereocenters. The van der Waals surface area contributed by atoms with Gasteiger partial charge in [0.25, 0.3) is 22.2 Å². The SMILES string of the molecule is C=CC(=O)CC(C)c1nc2ccccc2n1-c1cc(-n2c(=O)c3cc4c(=O)n(-c5cc(-n6c(C(CC(=O)C=C)c7ccccc7)nc7ccccc76)cc(-n6c(C(OC(=O)C=C)c7ccccc7)nc7ccccc76)c5)c(=O)c4cc3c2=O)cc(-n2c(C(C)OC(=O)C=C)nc3ccccc32)c1. The zero-order valence-electron chi connectivity index (χ0n) is 55.0. The summed E-state index contributed by atoms with van der Waals surface area (Å²) < 4.78 is 21.3. The molecule has 0 spiro atoms. The highest BCUT2D eigenvalue weighted by Gasteiger charge is 2.32. The molecule has 0 aliphatic carbocycles. The van der Waals surface area contributed by atoms with E-state index in [1.165, 1.54) is 24.3 Å². The lowest BCUT2D eigenvalue weighted by Gasteiger charge is -2.22. The van der Waals surface area contributed by atoms with Gasteiger partial charge in [0.1, 0.15) is 11.6 Å². The molecule has 6 heterocycles. The van der Waals surface area contributed by atoms with Crippen molar-refractivity contribution in [3.8, 4) is 34.1 Å². The van der Waals surface area contributed by atoms with Crippen molar-refractivity contribution >= 4 is 89.2 Å². The van der Waals surface area contributed by atoms with Crippen molar-refractivity contribution in [3.05, 3.63) is 333 Å². The van der Waals surface area contributed by atoms with Crippen LogP contribution < -0.4 is 22.2 Å². The van der Waals surface area contributed by atoms with Crippen LogP contribution in [0.3, 0.4) is 0 Å². The van der Waals surface area contributed by atoms with Gasteiger partial charge in [-0.25, -0.2) is 38.7 Å². The molecule has 0 amide bonds. The molecule has 498 valence electrons. The van der Waals surface area contributed by atoms with Crippen LogP contribution in [0.25, 0.3) is 99.8 Å². The minimum Gasteiger partial charge on any atom is -0.451 e. The van der Waals surface area contributed by atoms with E-state index in [0.29, 0.717) is 84.1 Å². The second-order valence-electron chi connectivity index (χ2n) is 24.8. The number of allylic oxidation sites excluding steroid dienone is 2. The first-order valence-electron chi connectivity index (χ1n) is 32.8. The lowest BCUT2D eigenvalue weighted by atomic mass is 9.92. The van der Waals surface area contributed by atoms with Crippen molar-refractivity contribution < 1.29 is 28.7 Å². The number of fused-ring (bicyclic) bond motifs is 6. The summed E-state index contributed by atoms with van der Waals surface area (Å²) in [6.45, 7) is 18.3. The van der Waals surface area contributed by atoms with Crippen LogP contribution in [0.5, 0.6) is 0 Å². The smallest absolute Gasteiger partial charge is 0.331 e. The Hall–Kier alpha value is -13.6. The third kappa shape index (κ3) is 11.1. The number of nitrogens with zero attached hydrogens (tertiary/aromatic N) is 10. The number of aromatic nitrogens is 10. The van der Waals surface area contributed by atoms with Crippen LogP contribution in [0.2, 0.25) is 0 Å². The Bertz CT molecular complexity index is 5890. The monoisotopic (exact) mass is 1340 g/mol. The number of ether oxygens (including phenoxy) is 2. The highest BCUT2D eigenvalue weighted by atomic mass is 16.5. The molecule has 0 saturated heterocycles. The molecule has 20 heteroatoms. The highest BCUT2D eigenvalue weighted by Crippen LogP contribution is 2.39. The molecule has 0 radical (unpaired) electrons. The van der Waals surface area contributed by atoms with Gasteiger partial charge >= 0.3 is 11.9 Å². The molecule has 102 heavy (non-hydrogen) atoms. The van der Waals surface area contributed by atoms with Gasteiger partial charge in [-0.1, -0.05) is 142 Å². The lowest BCUT2D eigenvalue weighted by Crippen LogP contribution is -2.25. The maximum absolute atomic E-state index is 15.8. The Labute approximate surface area is 579 Å². The number of ketones is 2. The third-order valence-electron chi connectivity index (χ3n) is 18.4. The van der Waals surface area contributed by atoms with Gasteiger partial charge in [-0.15, -0.1) is 0 Å². The molecule has 0 aliphatic rings. The fourth-order valence-electron chi connectivity index (χ4n) is 13.8. The first-order valence-corrected chi connectivity index (χ1v) is 32.8. The molecule has 9 aromatic carbocycles. The van der Waals surface area contributed by atoms with Crippen LogP contribution in [0.15, 0.2) is 276 Å². The van der Waals surface area contributed by atoms with Crippen LogP contribution in [0.4, 0.5) is 0 Å². The number of esters is 2. The van der Waals surface area contributed by atoms with E-state index in [0.717, 1.165) is 26.8 Å². The van der Waals surface area contributed by atoms with E-state index in [4.69, 9.17) is 29.4 Å². The van der Waals surface area contributed by atoms with Crippen molar-refractivity contribution in [3.63, 3.8) is 0 Å². The van der Waals surface area contributed by atoms with Crippen LogP contribution in [-0.4, -0.2) is 70.8 Å². The number of hydrogen-bond donors (Lipinski definition) is 0. The third-order valence-corrected chi connectivity index (χ3v) is 18.4. The van der Waals surface area contributed by atoms with Gasteiger partial charge in [0.05, 0.1) is 99.8 Å². The summed E-state index contributed by atoms with van der Waals surface area (Å²) in [6.07, 6.45) is 2.54. The first kappa shape index (κ1) is 64.4. The first-order chi connectivity index (χ1) is 49.5. The average Bonchev–Trinajstić information content (AvgIpc) is 1.56. The van der Waals surface area contributed by atoms with Crippen LogP contribution in [0.1, 0.15) is 85.2 Å². The van der Waals surface area contributed by atoms with Crippen molar-refractivity contribution in [1.29, 1.82) is 0 Å². The minimum absolute atomic E-state index is 0.0315. The molecule has 0 bridgehead atoms. The molecular weight excluding hydrogens is 1280 g/mol. The maximum Gasteiger partial charge on any atom is 0.331 e. The number of benzene rings is 9. The summed E-state index contributed by atoms with van der Waals surface area (Å²) in [5.74, 6) is -1.60. The van der Waals surface area contributed by atoms with Gasteiger partial charge in [0.2, 0.25) is 0 Å². The van der Waals surface area contributed by atoms with Gasteiger partial charge in [-0.3, -0.25) is 47.0 Å². The van der Waals surface area contributed by atoms with E-state index < -0.39 is 58.2 Å². The average molecular weight is 1350 g/mol. The van der Waals surface area contributed by atoms with Crippen LogP contribution in [0, 0.1) is 0 Å². The summed E-state index contributed by atoms with van der Waals surface area (Å²) in [7, 11) is 0. The topological polar surface area (TPSA) is 236 Å². The molecule has 4 atom stereocenters. The maximum atomic E-state index is 15.8. The zero-order chi connectivity index (χ0) is 70.8. The second kappa shape index (κ2) is 26.0. The summed E-state index contributed by atoms with van der Waals surface area (Å²) >= 11 is 0. The molecule has 6 aromatic heterocycles. The number of para-hydroxylation sites is 8. The van der Waals surface area contributed by atoms with Gasteiger partial charge in [0, 0.05) is 42.4 Å². The molecule has 0 fully saturated rings. The fourth-order valence-corrected chi connectivity index (χ4v) is 13.8. The highest BCUT2D eigenvalue weighted by molar-refractivity contribution is 5.99. The number of imidazole rings is 4. The normalized spacial score (nSPS) is 12.8. The van der Waals surface area contributed by atoms with Crippen molar-refractivity contribution in [1.82, 2.24) is 47.3 Å². The largest absolute Gasteiger partial charge is 0.451 e. The van der Waals surface area contributed by atoms with E-state index in [1.54, 1.807) is 70.7 Å². The summed E-state index contributed by atoms with van der Waals surface area (Å²) in [5.41, 5.74) is 4.19. The lowest BCUT2D eigenvalue weighted by molar-refractivity contribution is -0.143. The Morgan fingerprint density at radius 2 is 0.686 bits per heavy atom. The molecular formula is C82H60N10O10. The molecule has 15 aromatic rings. The van der Waals surface area contributed by atoms with E-state index in [1.807, 2.05) is 156 Å². The zero-order valence-corrected chi connectivity index (χ0v) is 55.0. The number of carbonyl (C=O) groups is 4. The van der Waals surface area contributed by atoms with E-state index in [2.05, 4.69) is 26.3 Å². The summed E-state index contributed by atoms with van der Waals surface area (Å²) in [6, 6.07) is 60.6. The van der Waals surface area contributed by atoms with Gasteiger partial charge in [-0.05, 0) is 122 Å². The predicted molar refractivity (Wildman–Crippen MR) is 392 cm³/mol. The Morgan fingerprint density at radius 3 is 1.11 bits per heavy atom. The molecule has 0 aliphatic heterocycles. The molecule has 20 nitrogen and oxygen atoms in total. The van der Waals surface area contributed by atoms with Gasteiger partial charge < -0.3 is 9.47 Å². The van der Waals surface area contributed by atoms with Crippen LogP contribution >= 0.6 is 0 Å². The van der Waals surface area contributed by atoms with Crippen molar-refractivity contribution in [2.45, 2.75) is 50.7 Å². The number of rotatable bonds is 22. The van der Waals surface area contributed by atoms with E-state index in [-0.39, 0.29) is 69.0 Å². The Balaban J connectivity index is 0.973. The summed E-state index contributed by atoms with van der Waals surface area (Å²) in [4.78, 5) is 136. The predicted octanol–water partition coefficient (Wildman–Crippen LogP) is 13.4. The van der Waals surface area contributed by atoms with Gasteiger partial charge in [0.15, 0.2) is 35.4 Å². The quantitative estimate of drug-likeness (QED) is 0.0453. The van der Waals surface area contributed by atoms with E-state index >= 15 is 19.2 Å². The van der Waals surface area contributed by atoms with Crippen molar-refractivity contribution in [2.75, 3.05) is 0 Å². The second-order valence-corrected chi connectivity index (χ2v) is 24.8. The Kier molecular flexibility index (Phi) is 16.4. The molecule has 15 rings (SSSR count).